The van der Waals surface area contributed by atoms with E-state index in [4.69, 9.17) is 0 Å². The molecular weight excluding hydrogens is 258 g/mol. The fourth-order valence-electron chi connectivity index (χ4n) is 1.85. The van der Waals surface area contributed by atoms with Gasteiger partial charge in [0.2, 0.25) is 0 Å². The number of rotatable bonds is 2. The van der Waals surface area contributed by atoms with E-state index < -0.39 is 0 Å². The molecule has 0 unspecified atom stereocenters. The minimum absolute atomic E-state index is 0.119. The number of aromatic nitrogens is 2. The van der Waals surface area contributed by atoms with Crippen molar-refractivity contribution in [2.75, 3.05) is 5.32 Å². The van der Waals surface area contributed by atoms with Gasteiger partial charge in [0.1, 0.15) is 11.0 Å². The zero-order valence-electron chi connectivity index (χ0n) is 10.3. The largest absolute Gasteiger partial charge is 0.322 e. The van der Waals surface area contributed by atoms with Gasteiger partial charge in [-0.15, -0.1) is 0 Å². The van der Waals surface area contributed by atoms with Crippen LogP contribution < -0.4 is 5.32 Å². The number of carbonyl (C=O) groups excluding carboxylic acids is 1. The van der Waals surface area contributed by atoms with Gasteiger partial charge in [0, 0.05) is 11.3 Å². The average molecular weight is 269 g/mol. The van der Waals surface area contributed by atoms with Crippen LogP contribution in [0.25, 0.3) is 11.0 Å². The molecule has 2 aromatic carbocycles. The highest BCUT2D eigenvalue weighted by Crippen LogP contribution is 2.18. The van der Waals surface area contributed by atoms with Crippen molar-refractivity contribution in [3.63, 3.8) is 0 Å². The van der Waals surface area contributed by atoms with Gasteiger partial charge in [0.15, 0.2) is 0 Å². The van der Waals surface area contributed by atoms with Gasteiger partial charge in [0.25, 0.3) is 5.91 Å². The summed E-state index contributed by atoms with van der Waals surface area (Å²) in [6.07, 6.45) is 0. The van der Waals surface area contributed by atoms with Crippen LogP contribution in [0.5, 0.6) is 0 Å². The van der Waals surface area contributed by atoms with E-state index in [2.05, 4.69) is 14.1 Å². The van der Waals surface area contributed by atoms with E-state index in [1.165, 1.54) is 11.7 Å². The molecule has 3 aromatic rings. The van der Waals surface area contributed by atoms with Crippen molar-refractivity contribution < 1.29 is 4.79 Å². The van der Waals surface area contributed by atoms with Crippen LogP contribution in [0.4, 0.5) is 5.69 Å². The zero-order valence-corrected chi connectivity index (χ0v) is 11.1. The molecule has 1 heterocycles. The molecule has 1 amide bonds. The Kier molecular flexibility index (Phi) is 2.97. The molecule has 0 bridgehead atoms. The smallest absolute Gasteiger partial charge is 0.255 e. The van der Waals surface area contributed by atoms with E-state index in [0.717, 1.165) is 22.3 Å². The second kappa shape index (κ2) is 4.78. The van der Waals surface area contributed by atoms with Crippen LogP contribution in [0.2, 0.25) is 0 Å². The summed E-state index contributed by atoms with van der Waals surface area (Å²) in [5, 5.41) is 2.87. The summed E-state index contributed by atoms with van der Waals surface area (Å²) >= 11 is 1.17. The van der Waals surface area contributed by atoms with Gasteiger partial charge < -0.3 is 5.32 Å². The van der Waals surface area contributed by atoms with Crippen molar-refractivity contribution >= 4 is 34.4 Å². The first-order valence-corrected chi connectivity index (χ1v) is 6.56. The highest BCUT2D eigenvalue weighted by molar-refractivity contribution is 7.00. The Hall–Kier alpha value is -2.27. The maximum atomic E-state index is 12.1. The lowest BCUT2D eigenvalue weighted by Crippen LogP contribution is -2.11. The Morgan fingerprint density at radius 3 is 2.79 bits per heavy atom. The maximum Gasteiger partial charge on any atom is 0.255 e. The summed E-state index contributed by atoms with van der Waals surface area (Å²) < 4.78 is 8.28. The molecular formula is C14H11N3OS. The summed E-state index contributed by atoms with van der Waals surface area (Å²) in [6.45, 7) is 1.96. The minimum Gasteiger partial charge on any atom is -0.322 e. The molecule has 94 valence electrons. The van der Waals surface area contributed by atoms with Gasteiger partial charge in [-0.3, -0.25) is 4.79 Å². The van der Waals surface area contributed by atoms with E-state index in [1.54, 1.807) is 6.07 Å². The summed E-state index contributed by atoms with van der Waals surface area (Å²) in [4.78, 5) is 12.1. The summed E-state index contributed by atoms with van der Waals surface area (Å²) in [5.74, 6) is -0.119. The van der Waals surface area contributed by atoms with Crippen molar-refractivity contribution in [1.82, 2.24) is 8.75 Å². The second-order valence-corrected chi connectivity index (χ2v) is 4.82. The molecule has 0 saturated heterocycles. The molecule has 5 heteroatoms. The molecule has 0 aliphatic rings. The number of nitrogens with zero attached hydrogens (tertiary/aromatic N) is 2. The monoisotopic (exact) mass is 269 g/mol. The summed E-state index contributed by atoms with van der Waals surface area (Å²) in [7, 11) is 0. The van der Waals surface area contributed by atoms with Crippen LogP contribution in [-0.4, -0.2) is 14.7 Å². The number of fused-ring (bicyclic) bond motifs is 1. The number of amides is 1. The predicted molar refractivity (Wildman–Crippen MR) is 76.5 cm³/mol. The number of anilines is 1. The molecule has 0 aliphatic carbocycles. The molecule has 1 N–H and O–H groups in total. The molecule has 0 radical (unpaired) electrons. The zero-order chi connectivity index (χ0) is 13.2. The third-order valence-electron chi connectivity index (χ3n) is 2.79. The molecule has 4 nitrogen and oxygen atoms in total. The Morgan fingerprint density at radius 1 is 1.11 bits per heavy atom. The van der Waals surface area contributed by atoms with Crippen LogP contribution in [0.3, 0.4) is 0 Å². The average Bonchev–Trinajstić information content (AvgIpc) is 2.86. The Balaban J connectivity index is 1.86. The van der Waals surface area contributed by atoms with Crippen molar-refractivity contribution in [3.8, 4) is 0 Å². The van der Waals surface area contributed by atoms with Gasteiger partial charge in [0.05, 0.1) is 11.7 Å². The normalized spacial score (nSPS) is 10.6. The third-order valence-corrected chi connectivity index (χ3v) is 3.35. The fraction of sp³-hybridized carbons (Fsp3) is 0.0714. The number of nitrogens with one attached hydrogen (secondary N) is 1. The topological polar surface area (TPSA) is 54.9 Å². The molecule has 0 aliphatic heterocycles. The quantitative estimate of drug-likeness (QED) is 0.777. The summed E-state index contributed by atoms with van der Waals surface area (Å²) in [6, 6.07) is 13.0. The highest BCUT2D eigenvalue weighted by Gasteiger charge is 2.07. The maximum absolute atomic E-state index is 12.1. The molecule has 0 saturated carbocycles. The lowest BCUT2D eigenvalue weighted by Gasteiger charge is -2.05. The van der Waals surface area contributed by atoms with E-state index in [9.17, 15) is 4.79 Å². The fourth-order valence-corrected chi connectivity index (χ4v) is 2.37. The van der Waals surface area contributed by atoms with Crippen molar-refractivity contribution in [3.05, 3.63) is 53.6 Å². The first kappa shape index (κ1) is 11.8. The Bertz CT molecular complexity index is 751. The van der Waals surface area contributed by atoms with Crippen LogP contribution in [0, 0.1) is 6.92 Å². The van der Waals surface area contributed by atoms with E-state index in [-0.39, 0.29) is 5.91 Å². The van der Waals surface area contributed by atoms with E-state index >= 15 is 0 Å². The molecule has 0 atom stereocenters. The van der Waals surface area contributed by atoms with Gasteiger partial charge >= 0.3 is 0 Å². The second-order valence-electron chi connectivity index (χ2n) is 4.29. The van der Waals surface area contributed by atoms with Crippen LogP contribution in [0.15, 0.2) is 42.5 Å². The van der Waals surface area contributed by atoms with Gasteiger partial charge in [-0.1, -0.05) is 17.7 Å². The Labute approximate surface area is 114 Å². The minimum atomic E-state index is -0.119. The van der Waals surface area contributed by atoms with Crippen molar-refractivity contribution in [2.45, 2.75) is 6.92 Å². The van der Waals surface area contributed by atoms with Gasteiger partial charge in [-0.05, 0) is 37.3 Å². The first-order valence-electron chi connectivity index (χ1n) is 5.83. The lowest BCUT2D eigenvalue weighted by molar-refractivity contribution is 0.102. The number of hydrogen-bond donors (Lipinski definition) is 1. The molecule has 3 rings (SSSR count). The van der Waals surface area contributed by atoms with Crippen LogP contribution in [0.1, 0.15) is 15.9 Å². The number of hydrogen-bond acceptors (Lipinski definition) is 4. The highest BCUT2D eigenvalue weighted by atomic mass is 32.1. The first-order chi connectivity index (χ1) is 9.22. The SMILES string of the molecule is Cc1cccc(C(=O)Nc2ccc3nsnc3c2)c1. The molecule has 19 heavy (non-hydrogen) atoms. The van der Waals surface area contributed by atoms with Crippen LogP contribution in [-0.2, 0) is 0 Å². The number of carbonyl (C=O) groups is 1. The summed E-state index contributed by atoms with van der Waals surface area (Å²) in [5.41, 5.74) is 4.08. The van der Waals surface area contributed by atoms with Crippen molar-refractivity contribution in [1.29, 1.82) is 0 Å². The Morgan fingerprint density at radius 2 is 1.95 bits per heavy atom. The predicted octanol–water partition coefficient (Wildman–Crippen LogP) is 3.25. The van der Waals surface area contributed by atoms with Gasteiger partial charge in [-0.2, -0.15) is 8.75 Å². The number of aryl methyl sites for hydroxylation is 1. The molecule has 0 spiro atoms. The lowest BCUT2D eigenvalue weighted by atomic mass is 10.1. The van der Waals surface area contributed by atoms with E-state index in [1.807, 2.05) is 43.3 Å². The van der Waals surface area contributed by atoms with Gasteiger partial charge in [-0.25, -0.2) is 0 Å². The number of benzene rings is 2. The van der Waals surface area contributed by atoms with Crippen LogP contribution >= 0.6 is 11.7 Å². The van der Waals surface area contributed by atoms with Crippen molar-refractivity contribution in [2.24, 2.45) is 0 Å². The molecule has 1 aromatic heterocycles. The third kappa shape index (κ3) is 2.46. The van der Waals surface area contributed by atoms with E-state index in [0.29, 0.717) is 5.56 Å². The standard InChI is InChI=1S/C14H11N3OS/c1-9-3-2-4-10(7-9)14(18)15-11-5-6-12-13(8-11)17-19-16-12/h2-8H,1H3,(H,15,18). The molecule has 0 fully saturated rings.